The van der Waals surface area contributed by atoms with Crippen molar-refractivity contribution in [3.63, 3.8) is 0 Å². The van der Waals surface area contributed by atoms with Crippen LogP contribution < -0.4 is 20.3 Å². The minimum absolute atomic E-state index is 0.00965. The summed E-state index contributed by atoms with van der Waals surface area (Å²) in [5.41, 5.74) is 7.19. The number of carbonyl (C=O) groups excluding carboxylic acids is 2. The highest BCUT2D eigenvalue weighted by atomic mass is 16.5. The summed E-state index contributed by atoms with van der Waals surface area (Å²) in [6.07, 6.45) is 0.00965. The molecule has 0 bridgehead atoms. The number of amides is 2. The first-order valence-electron chi connectivity index (χ1n) is 8.40. The molecule has 138 valence electrons. The molecule has 0 saturated carbocycles. The molecule has 2 aromatic rings. The molecule has 0 fully saturated rings. The van der Waals surface area contributed by atoms with Crippen LogP contribution in [-0.2, 0) is 4.79 Å². The summed E-state index contributed by atoms with van der Waals surface area (Å²) >= 11 is 0. The maximum atomic E-state index is 12.1. The number of hydrogen-bond acceptors (Lipinski definition) is 4. The van der Waals surface area contributed by atoms with Gasteiger partial charge in [0.05, 0.1) is 6.10 Å². The highest BCUT2D eigenvalue weighted by Gasteiger charge is 2.10. The molecule has 0 atom stereocenters. The predicted octanol–water partition coefficient (Wildman–Crippen LogP) is 2.93. The maximum absolute atomic E-state index is 12.1. The van der Waals surface area contributed by atoms with E-state index < -0.39 is 11.8 Å². The largest absolute Gasteiger partial charge is 0.491 e. The highest BCUT2D eigenvalue weighted by Crippen LogP contribution is 2.16. The van der Waals surface area contributed by atoms with Crippen LogP contribution in [0, 0.1) is 13.8 Å². The van der Waals surface area contributed by atoms with Gasteiger partial charge in [0.2, 0.25) is 0 Å². The second-order valence-corrected chi connectivity index (χ2v) is 6.31. The molecule has 2 N–H and O–H groups in total. The number of aryl methyl sites for hydroxylation is 2. The fraction of sp³-hybridized carbons (Fsp3) is 0.300. The summed E-state index contributed by atoms with van der Waals surface area (Å²) in [7, 11) is 0. The molecule has 6 nitrogen and oxygen atoms in total. The molecule has 0 saturated heterocycles. The molecule has 0 unspecified atom stereocenters. The summed E-state index contributed by atoms with van der Waals surface area (Å²) in [5, 5.41) is 0. The van der Waals surface area contributed by atoms with Gasteiger partial charge in [-0.25, -0.2) is 0 Å². The molecule has 0 aliphatic rings. The zero-order valence-corrected chi connectivity index (χ0v) is 15.5. The summed E-state index contributed by atoms with van der Waals surface area (Å²) in [6, 6.07) is 12.5. The lowest BCUT2D eigenvalue weighted by molar-refractivity contribution is -0.123. The van der Waals surface area contributed by atoms with Crippen molar-refractivity contribution in [1.82, 2.24) is 10.9 Å². The molecule has 6 heteroatoms. The lowest BCUT2D eigenvalue weighted by atomic mass is 10.1. The first-order chi connectivity index (χ1) is 12.3. The van der Waals surface area contributed by atoms with Gasteiger partial charge in [-0.3, -0.25) is 20.4 Å². The molecule has 26 heavy (non-hydrogen) atoms. The average Bonchev–Trinajstić information content (AvgIpc) is 2.56. The van der Waals surface area contributed by atoms with E-state index in [1.165, 1.54) is 0 Å². The molecule has 2 amide bonds. The van der Waals surface area contributed by atoms with E-state index in [4.69, 9.17) is 9.47 Å². The number of benzene rings is 2. The van der Waals surface area contributed by atoms with Crippen LogP contribution in [0.5, 0.6) is 11.5 Å². The van der Waals surface area contributed by atoms with Crippen LogP contribution in [-0.4, -0.2) is 24.5 Å². The van der Waals surface area contributed by atoms with Crippen LogP contribution in [0.3, 0.4) is 0 Å². The van der Waals surface area contributed by atoms with Gasteiger partial charge in [0.15, 0.2) is 6.61 Å². The molecule has 0 aliphatic carbocycles. The Morgan fingerprint density at radius 3 is 2.31 bits per heavy atom. The molecule has 2 rings (SSSR count). The minimum atomic E-state index is -0.452. The Kier molecular flexibility index (Phi) is 6.60. The van der Waals surface area contributed by atoms with Crippen LogP contribution in [0.1, 0.15) is 35.3 Å². The van der Waals surface area contributed by atoms with Crippen molar-refractivity contribution in [1.29, 1.82) is 0 Å². The predicted molar refractivity (Wildman–Crippen MR) is 99.2 cm³/mol. The van der Waals surface area contributed by atoms with Crippen LogP contribution in [0.25, 0.3) is 0 Å². The van der Waals surface area contributed by atoms with E-state index in [1.54, 1.807) is 24.3 Å². The SMILES string of the molecule is Cc1cc(C)cc(OCC(=O)NNC(=O)c2cccc(OC(C)C)c2)c1. The van der Waals surface area contributed by atoms with Gasteiger partial charge >= 0.3 is 0 Å². The van der Waals surface area contributed by atoms with Crippen molar-refractivity contribution in [3.05, 3.63) is 59.2 Å². The van der Waals surface area contributed by atoms with Gasteiger partial charge in [-0.2, -0.15) is 0 Å². The molecule has 0 radical (unpaired) electrons. The van der Waals surface area contributed by atoms with Gasteiger partial charge in [-0.05, 0) is 69.2 Å². The van der Waals surface area contributed by atoms with Crippen molar-refractivity contribution in [3.8, 4) is 11.5 Å². The maximum Gasteiger partial charge on any atom is 0.276 e. The molecule has 0 heterocycles. The van der Waals surface area contributed by atoms with Gasteiger partial charge in [0.1, 0.15) is 11.5 Å². The zero-order valence-electron chi connectivity index (χ0n) is 15.5. The van der Waals surface area contributed by atoms with Gasteiger partial charge in [-0.1, -0.05) is 12.1 Å². The topological polar surface area (TPSA) is 76.7 Å². The number of rotatable bonds is 6. The third-order valence-corrected chi connectivity index (χ3v) is 3.35. The lowest BCUT2D eigenvalue weighted by Crippen LogP contribution is -2.43. The van der Waals surface area contributed by atoms with E-state index in [0.29, 0.717) is 17.1 Å². The summed E-state index contributed by atoms with van der Waals surface area (Å²) in [6.45, 7) is 7.53. The Balaban J connectivity index is 1.84. The fourth-order valence-electron chi connectivity index (χ4n) is 2.38. The molecule has 0 spiro atoms. The third kappa shape index (κ3) is 6.12. The Bertz CT molecular complexity index is 767. The first-order valence-corrected chi connectivity index (χ1v) is 8.40. The van der Waals surface area contributed by atoms with E-state index >= 15 is 0 Å². The minimum Gasteiger partial charge on any atom is -0.491 e. The molecule has 0 aliphatic heterocycles. The molecular weight excluding hydrogens is 332 g/mol. The van der Waals surface area contributed by atoms with E-state index in [1.807, 2.05) is 45.9 Å². The van der Waals surface area contributed by atoms with Crippen LogP contribution in [0.4, 0.5) is 0 Å². The van der Waals surface area contributed by atoms with Crippen LogP contribution in [0.2, 0.25) is 0 Å². The standard InChI is InChI=1S/C20H24N2O4/c1-13(2)26-17-7-5-6-16(11-17)20(24)22-21-19(23)12-25-18-9-14(3)8-15(4)10-18/h5-11,13H,12H2,1-4H3,(H,21,23)(H,22,24). The number of hydrogen-bond donors (Lipinski definition) is 2. The van der Waals surface area contributed by atoms with Gasteiger partial charge in [0.25, 0.3) is 11.8 Å². The molecule has 0 aromatic heterocycles. The Morgan fingerprint density at radius 2 is 1.65 bits per heavy atom. The highest BCUT2D eigenvalue weighted by molar-refractivity contribution is 5.95. The van der Waals surface area contributed by atoms with E-state index in [2.05, 4.69) is 10.9 Å². The third-order valence-electron chi connectivity index (χ3n) is 3.35. The van der Waals surface area contributed by atoms with E-state index in [9.17, 15) is 9.59 Å². The Labute approximate surface area is 153 Å². The van der Waals surface area contributed by atoms with Crippen molar-refractivity contribution in [2.45, 2.75) is 33.8 Å². The lowest BCUT2D eigenvalue weighted by Gasteiger charge is -2.12. The Morgan fingerprint density at radius 1 is 0.962 bits per heavy atom. The van der Waals surface area contributed by atoms with E-state index in [-0.39, 0.29) is 12.7 Å². The van der Waals surface area contributed by atoms with Crippen LogP contribution >= 0.6 is 0 Å². The smallest absolute Gasteiger partial charge is 0.276 e. The average molecular weight is 356 g/mol. The second-order valence-electron chi connectivity index (χ2n) is 6.31. The quantitative estimate of drug-likeness (QED) is 0.780. The molecular formula is C20H24N2O4. The van der Waals surface area contributed by atoms with E-state index in [0.717, 1.165) is 11.1 Å². The zero-order chi connectivity index (χ0) is 19.1. The van der Waals surface area contributed by atoms with Crippen molar-refractivity contribution in [2.75, 3.05) is 6.61 Å². The normalized spacial score (nSPS) is 10.3. The van der Waals surface area contributed by atoms with Gasteiger partial charge in [-0.15, -0.1) is 0 Å². The second kappa shape index (κ2) is 8.89. The summed E-state index contributed by atoms with van der Waals surface area (Å²) in [5.74, 6) is 0.325. The van der Waals surface area contributed by atoms with Gasteiger partial charge in [0, 0.05) is 5.56 Å². The van der Waals surface area contributed by atoms with Crippen LogP contribution in [0.15, 0.2) is 42.5 Å². The number of hydrazine groups is 1. The van der Waals surface area contributed by atoms with Crippen molar-refractivity contribution in [2.24, 2.45) is 0 Å². The molecule has 2 aromatic carbocycles. The summed E-state index contributed by atoms with van der Waals surface area (Å²) in [4.78, 5) is 24.0. The Hall–Kier alpha value is -3.02. The fourth-order valence-corrected chi connectivity index (χ4v) is 2.38. The van der Waals surface area contributed by atoms with Crippen molar-refractivity contribution < 1.29 is 19.1 Å². The summed E-state index contributed by atoms with van der Waals surface area (Å²) < 4.78 is 11.0. The number of carbonyl (C=O) groups is 2. The monoisotopic (exact) mass is 356 g/mol. The first kappa shape index (κ1) is 19.3. The number of ether oxygens (including phenoxy) is 2. The number of nitrogens with one attached hydrogen (secondary N) is 2. The van der Waals surface area contributed by atoms with Crippen molar-refractivity contribution >= 4 is 11.8 Å². The van der Waals surface area contributed by atoms with Gasteiger partial charge < -0.3 is 9.47 Å².